The molecule has 0 radical (unpaired) electrons. The van der Waals surface area contributed by atoms with Crippen LogP contribution in [0.1, 0.15) is 13.3 Å². The van der Waals surface area contributed by atoms with Crippen molar-refractivity contribution < 1.29 is 4.74 Å². The lowest BCUT2D eigenvalue weighted by Crippen LogP contribution is -2.06. The Morgan fingerprint density at radius 3 is 2.78 bits per heavy atom. The Morgan fingerprint density at radius 2 is 2.06 bits per heavy atom. The Balaban J connectivity index is 2.26. The third-order valence-electron chi connectivity index (χ3n) is 2.69. The van der Waals surface area contributed by atoms with Crippen LogP contribution in [0, 0.1) is 0 Å². The minimum absolute atomic E-state index is 0.472. The number of hydrogen-bond donors (Lipinski definition) is 1. The lowest BCUT2D eigenvalue weighted by molar-refractivity contribution is 0.142. The SMILES string of the molecule is CCOCCCn1c(N)nc2cc(Cl)c(Cl)cc21. The zero-order valence-corrected chi connectivity index (χ0v) is 11.6. The summed E-state index contributed by atoms with van der Waals surface area (Å²) in [5.41, 5.74) is 7.56. The molecule has 0 unspecified atom stereocenters. The summed E-state index contributed by atoms with van der Waals surface area (Å²) in [7, 11) is 0. The maximum Gasteiger partial charge on any atom is 0.201 e. The van der Waals surface area contributed by atoms with Gasteiger partial charge in [-0.25, -0.2) is 4.98 Å². The Morgan fingerprint density at radius 1 is 1.33 bits per heavy atom. The Bertz CT molecular complexity index is 554. The van der Waals surface area contributed by atoms with E-state index in [-0.39, 0.29) is 0 Å². The highest BCUT2D eigenvalue weighted by atomic mass is 35.5. The van der Waals surface area contributed by atoms with Crippen LogP contribution in [0.5, 0.6) is 0 Å². The number of halogens is 2. The van der Waals surface area contributed by atoms with Crippen molar-refractivity contribution in [2.24, 2.45) is 0 Å². The highest BCUT2D eigenvalue weighted by Gasteiger charge is 2.10. The van der Waals surface area contributed by atoms with E-state index in [1.807, 2.05) is 11.5 Å². The van der Waals surface area contributed by atoms with Gasteiger partial charge in [-0.3, -0.25) is 0 Å². The Hall–Kier alpha value is -0.970. The number of imidazole rings is 1. The minimum Gasteiger partial charge on any atom is -0.382 e. The van der Waals surface area contributed by atoms with Gasteiger partial charge in [-0.1, -0.05) is 23.2 Å². The van der Waals surface area contributed by atoms with Crippen LogP contribution in [0.15, 0.2) is 12.1 Å². The molecule has 0 aliphatic rings. The largest absolute Gasteiger partial charge is 0.382 e. The molecule has 18 heavy (non-hydrogen) atoms. The molecule has 2 rings (SSSR count). The summed E-state index contributed by atoms with van der Waals surface area (Å²) >= 11 is 12.0. The number of hydrogen-bond acceptors (Lipinski definition) is 3. The molecule has 2 N–H and O–H groups in total. The van der Waals surface area contributed by atoms with Gasteiger partial charge in [0.1, 0.15) is 0 Å². The maximum atomic E-state index is 6.01. The predicted octanol–water partition coefficient (Wildman–Crippen LogP) is 3.35. The van der Waals surface area contributed by atoms with Gasteiger partial charge in [-0.2, -0.15) is 0 Å². The van der Waals surface area contributed by atoms with Crippen LogP contribution in [-0.2, 0) is 11.3 Å². The second-order valence-corrected chi connectivity index (χ2v) is 4.74. The molecule has 0 spiro atoms. The van der Waals surface area contributed by atoms with E-state index in [9.17, 15) is 0 Å². The molecule has 0 amide bonds. The van der Waals surface area contributed by atoms with E-state index in [0.29, 0.717) is 22.6 Å². The lowest BCUT2D eigenvalue weighted by Gasteiger charge is -2.06. The fourth-order valence-electron chi connectivity index (χ4n) is 1.84. The van der Waals surface area contributed by atoms with E-state index in [1.54, 1.807) is 12.1 Å². The quantitative estimate of drug-likeness (QED) is 0.858. The van der Waals surface area contributed by atoms with Crippen molar-refractivity contribution in [1.29, 1.82) is 0 Å². The van der Waals surface area contributed by atoms with Crippen LogP contribution in [-0.4, -0.2) is 22.8 Å². The molecule has 0 fully saturated rings. The average molecular weight is 288 g/mol. The number of ether oxygens (including phenoxy) is 1. The van der Waals surface area contributed by atoms with Crippen LogP contribution in [0.25, 0.3) is 11.0 Å². The molecule has 2 aromatic rings. The van der Waals surface area contributed by atoms with Gasteiger partial charge in [-0.05, 0) is 25.5 Å². The van der Waals surface area contributed by atoms with Gasteiger partial charge in [0, 0.05) is 19.8 Å². The zero-order chi connectivity index (χ0) is 13.1. The summed E-state index contributed by atoms with van der Waals surface area (Å²) < 4.78 is 7.23. The molecular formula is C12H15Cl2N3O. The van der Waals surface area contributed by atoms with Crippen LogP contribution >= 0.6 is 23.2 Å². The number of anilines is 1. The van der Waals surface area contributed by atoms with E-state index >= 15 is 0 Å². The third kappa shape index (κ3) is 2.71. The van der Waals surface area contributed by atoms with E-state index in [2.05, 4.69) is 4.98 Å². The summed E-state index contributed by atoms with van der Waals surface area (Å²) in [5.74, 6) is 0.472. The first-order valence-electron chi connectivity index (χ1n) is 5.82. The minimum atomic E-state index is 0.472. The number of benzene rings is 1. The van der Waals surface area contributed by atoms with Gasteiger partial charge < -0.3 is 15.0 Å². The molecule has 0 bridgehead atoms. The Kier molecular flexibility index (Phi) is 4.32. The monoisotopic (exact) mass is 287 g/mol. The van der Waals surface area contributed by atoms with Crippen LogP contribution in [0.2, 0.25) is 10.0 Å². The van der Waals surface area contributed by atoms with Crippen molar-refractivity contribution >= 4 is 40.2 Å². The van der Waals surface area contributed by atoms with Gasteiger partial charge in [-0.15, -0.1) is 0 Å². The number of nitrogens with zero attached hydrogens (tertiary/aromatic N) is 2. The highest BCUT2D eigenvalue weighted by Crippen LogP contribution is 2.29. The average Bonchev–Trinajstić information content (AvgIpc) is 2.62. The van der Waals surface area contributed by atoms with E-state index < -0.39 is 0 Å². The van der Waals surface area contributed by atoms with Crippen molar-refractivity contribution in [3.8, 4) is 0 Å². The second-order valence-electron chi connectivity index (χ2n) is 3.93. The number of aromatic nitrogens is 2. The van der Waals surface area contributed by atoms with Gasteiger partial charge in [0.25, 0.3) is 0 Å². The van der Waals surface area contributed by atoms with Gasteiger partial charge >= 0.3 is 0 Å². The zero-order valence-electron chi connectivity index (χ0n) is 10.1. The van der Waals surface area contributed by atoms with Crippen molar-refractivity contribution in [2.45, 2.75) is 19.9 Å². The normalized spacial score (nSPS) is 11.3. The molecule has 6 heteroatoms. The number of aryl methyl sites for hydroxylation is 1. The first-order valence-corrected chi connectivity index (χ1v) is 6.57. The molecule has 0 aliphatic heterocycles. The first-order chi connectivity index (χ1) is 8.63. The molecule has 98 valence electrons. The van der Waals surface area contributed by atoms with E-state index in [0.717, 1.165) is 30.6 Å². The van der Waals surface area contributed by atoms with Crippen molar-refractivity contribution in [2.75, 3.05) is 18.9 Å². The topological polar surface area (TPSA) is 53.1 Å². The standard InChI is InChI=1S/C12H15Cl2N3O/c1-2-18-5-3-4-17-11-7-9(14)8(13)6-10(11)16-12(17)15/h6-7H,2-5H2,1H3,(H2,15,16). The first kappa shape index (κ1) is 13.5. The maximum absolute atomic E-state index is 6.01. The Labute approximate surface area is 116 Å². The highest BCUT2D eigenvalue weighted by molar-refractivity contribution is 6.42. The van der Waals surface area contributed by atoms with E-state index in [1.165, 1.54) is 0 Å². The van der Waals surface area contributed by atoms with Gasteiger partial charge in [0.2, 0.25) is 5.95 Å². The smallest absolute Gasteiger partial charge is 0.201 e. The molecule has 0 saturated carbocycles. The summed E-state index contributed by atoms with van der Waals surface area (Å²) in [6.07, 6.45) is 0.879. The van der Waals surface area contributed by atoms with Gasteiger partial charge in [0.05, 0.1) is 21.1 Å². The van der Waals surface area contributed by atoms with Crippen molar-refractivity contribution in [1.82, 2.24) is 9.55 Å². The second kappa shape index (κ2) is 5.78. The van der Waals surface area contributed by atoms with Crippen LogP contribution in [0.3, 0.4) is 0 Å². The number of nitrogens with two attached hydrogens (primary N) is 1. The van der Waals surface area contributed by atoms with Crippen LogP contribution < -0.4 is 5.73 Å². The van der Waals surface area contributed by atoms with Crippen molar-refractivity contribution in [3.63, 3.8) is 0 Å². The number of fused-ring (bicyclic) bond motifs is 1. The van der Waals surface area contributed by atoms with Gasteiger partial charge in [0.15, 0.2) is 0 Å². The molecule has 0 aliphatic carbocycles. The fourth-order valence-corrected chi connectivity index (χ4v) is 2.16. The fraction of sp³-hybridized carbons (Fsp3) is 0.417. The lowest BCUT2D eigenvalue weighted by atomic mass is 10.3. The summed E-state index contributed by atoms with van der Waals surface area (Å²) in [6, 6.07) is 3.53. The molecule has 0 saturated heterocycles. The molecular weight excluding hydrogens is 273 g/mol. The number of rotatable bonds is 5. The molecule has 1 aromatic heterocycles. The molecule has 1 heterocycles. The molecule has 0 atom stereocenters. The number of nitrogen functional groups attached to an aromatic ring is 1. The summed E-state index contributed by atoms with van der Waals surface area (Å²) in [6.45, 7) is 4.15. The predicted molar refractivity (Wildman–Crippen MR) is 75.3 cm³/mol. The van der Waals surface area contributed by atoms with Crippen LogP contribution in [0.4, 0.5) is 5.95 Å². The summed E-state index contributed by atoms with van der Waals surface area (Å²) in [4.78, 5) is 4.27. The van der Waals surface area contributed by atoms with E-state index in [4.69, 9.17) is 33.7 Å². The molecule has 4 nitrogen and oxygen atoms in total. The molecule has 1 aromatic carbocycles. The third-order valence-corrected chi connectivity index (χ3v) is 3.42. The van der Waals surface area contributed by atoms with Crippen molar-refractivity contribution in [3.05, 3.63) is 22.2 Å². The summed E-state index contributed by atoms with van der Waals surface area (Å²) in [5, 5.41) is 0.998.